The minimum atomic E-state index is 0.117. The van der Waals surface area contributed by atoms with Crippen molar-refractivity contribution in [1.82, 2.24) is 15.1 Å². The molecule has 0 bridgehead atoms. The van der Waals surface area contributed by atoms with Crippen LogP contribution >= 0.6 is 0 Å². The first-order valence-electron chi connectivity index (χ1n) is 8.14. The maximum Gasteiger partial charge on any atom is 0.0722 e. The molecular formula is C17H31N3. The lowest BCUT2D eigenvalue weighted by Gasteiger charge is -2.28. The van der Waals surface area contributed by atoms with Crippen molar-refractivity contribution < 1.29 is 0 Å². The van der Waals surface area contributed by atoms with Crippen molar-refractivity contribution in [3.05, 3.63) is 17.5 Å². The first-order chi connectivity index (χ1) is 9.38. The molecule has 20 heavy (non-hydrogen) atoms. The van der Waals surface area contributed by atoms with Gasteiger partial charge in [-0.2, -0.15) is 5.10 Å². The Morgan fingerprint density at radius 2 is 1.95 bits per heavy atom. The van der Waals surface area contributed by atoms with Gasteiger partial charge in [-0.25, -0.2) is 0 Å². The lowest BCUT2D eigenvalue weighted by molar-refractivity contribution is 0.280. The third-order valence-electron chi connectivity index (χ3n) is 4.59. The molecule has 1 saturated carbocycles. The van der Waals surface area contributed by atoms with Crippen LogP contribution in [-0.4, -0.2) is 15.8 Å². The Balaban J connectivity index is 1.96. The molecule has 1 atom stereocenters. The number of aryl methyl sites for hydroxylation is 1. The monoisotopic (exact) mass is 277 g/mol. The Kier molecular flexibility index (Phi) is 4.90. The number of hydrogen-bond donors (Lipinski definition) is 1. The van der Waals surface area contributed by atoms with Gasteiger partial charge < -0.3 is 5.32 Å². The van der Waals surface area contributed by atoms with Gasteiger partial charge in [0.1, 0.15) is 0 Å². The number of hydrogen-bond acceptors (Lipinski definition) is 2. The minimum absolute atomic E-state index is 0.117. The summed E-state index contributed by atoms with van der Waals surface area (Å²) < 4.78 is 1.95. The lowest BCUT2D eigenvalue weighted by atomic mass is 9.84. The summed E-state index contributed by atoms with van der Waals surface area (Å²) in [4.78, 5) is 0. The van der Waals surface area contributed by atoms with E-state index in [0.29, 0.717) is 6.04 Å². The largest absolute Gasteiger partial charge is 0.310 e. The van der Waals surface area contributed by atoms with Gasteiger partial charge >= 0.3 is 0 Å². The van der Waals surface area contributed by atoms with Crippen LogP contribution in [0.15, 0.2) is 6.20 Å². The second kappa shape index (κ2) is 6.30. The molecule has 0 aromatic carbocycles. The normalized spacial score (nSPS) is 19.2. The standard InChI is InChI=1S/C17H31N3/c1-13(14-9-7-6-8-10-14)18-11-15-12-20(5)19-16(15)17(2,3)4/h12-14,18H,6-11H2,1-5H3/t13-/m1/s1. The van der Waals surface area contributed by atoms with Crippen molar-refractivity contribution in [2.75, 3.05) is 0 Å². The Morgan fingerprint density at radius 3 is 2.55 bits per heavy atom. The molecular weight excluding hydrogens is 246 g/mol. The zero-order valence-corrected chi connectivity index (χ0v) is 13.9. The molecule has 1 aliphatic carbocycles. The zero-order chi connectivity index (χ0) is 14.8. The van der Waals surface area contributed by atoms with Crippen LogP contribution < -0.4 is 5.32 Å². The van der Waals surface area contributed by atoms with E-state index in [0.717, 1.165) is 12.5 Å². The number of aromatic nitrogens is 2. The molecule has 1 heterocycles. The third-order valence-corrected chi connectivity index (χ3v) is 4.59. The molecule has 1 N–H and O–H groups in total. The lowest BCUT2D eigenvalue weighted by Crippen LogP contribution is -2.34. The average molecular weight is 277 g/mol. The van der Waals surface area contributed by atoms with Crippen LogP contribution in [0.2, 0.25) is 0 Å². The molecule has 0 radical (unpaired) electrons. The van der Waals surface area contributed by atoms with Gasteiger partial charge in [-0.1, -0.05) is 40.0 Å². The van der Waals surface area contributed by atoms with E-state index in [-0.39, 0.29) is 5.41 Å². The second-order valence-electron chi connectivity index (χ2n) is 7.49. The topological polar surface area (TPSA) is 29.9 Å². The molecule has 1 aromatic heterocycles. The van der Waals surface area contributed by atoms with Gasteiger partial charge in [0.05, 0.1) is 5.69 Å². The molecule has 3 heteroatoms. The van der Waals surface area contributed by atoms with Crippen LogP contribution in [0.3, 0.4) is 0 Å². The van der Waals surface area contributed by atoms with E-state index in [4.69, 9.17) is 0 Å². The fourth-order valence-electron chi connectivity index (χ4n) is 3.37. The average Bonchev–Trinajstić information content (AvgIpc) is 2.78. The summed E-state index contributed by atoms with van der Waals surface area (Å²) in [7, 11) is 2.02. The summed E-state index contributed by atoms with van der Waals surface area (Å²) in [6.07, 6.45) is 9.22. The predicted octanol–water partition coefficient (Wildman–Crippen LogP) is 3.78. The van der Waals surface area contributed by atoms with E-state index < -0.39 is 0 Å². The van der Waals surface area contributed by atoms with Crippen LogP contribution in [-0.2, 0) is 19.0 Å². The fourth-order valence-corrected chi connectivity index (χ4v) is 3.37. The van der Waals surface area contributed by atoms with Crippen molar-refractivity contribution in [1.29, 1.82) is 0 Å². The fraction of sp³-hybridized carbons (Fsp3) is 0.824. The Bertz CT molecular complexity index is 422. The molecule has 2 rings (SSSR count). The SMILES string of the molecule is C[C@@H](NCc1cn(C)nc1C(C)(C)C)C1CCCCC1. The summed E-state index contributed by atoms with van der Waals surface area (Å²) in [6.45, 7) is 10.0. The van der Waals surface area contributed by atoms with Gasteiger partial charge in [-0.15, -0.1) is 0 Å². The highest BCUT2D eigenvalue weighted by Gasteiger charge is 2.23. The number of nitrogens with zero attached hydrogens (tertiary/aromatic N) is 2. The first kappa shape index (κ1) is 15.6. The highest BCUT2D eigenvalue weighted by Crippen LogP contribution is 2.27. The van der Waals surface area contributed by atoms with Crippen molar-refractivity contribution in [3.8, 4) is 0 Å². The van der Waals surface area contributed by atoms with Gasteiger partial charge in [0.25, 0.3) is 0 Å². The predicted molar refractivity (Wildman–Crippen MR) is 84.8 cm³/mol. The van der Waals surface area contributed by atoms with E-state index >= 15 is 0 Å². The third kappa shape index (κ3) is 3.85. The molecule has 0 unspecified atom stereocenters. The first-order valence-corrected chi connectivity index (χ1v) is 8.14. The van der Waals surface area contributed by atoms with Crippen LogP contribution in [0.4, 0.5) is 0 Å². The second-order valence-corrected chi connectivity index (χ2v) is 7.49. The summed E-state index contributed by atoms with van der Waals surface area (Å²) >= 11 is 0. The van der Waals surface area contributed by atoms with Crippen LogP contribution in [0, 0.1) is 5.92 Å². The smallest absolute Gasteiger partial charge is 0.0722 e. The van der Waals surface area contributed by atoms with Crippen LogP contribution in [0.1, 0.15) is 71.1 Å². The van der Waals surface area contributed by atoms with Crippen molar-refractivity contribution in [3.63, 3.8) is 0 Å². The van der Waals surface area contributed by atoms with Gasteiger partial charge in [0.15, 0.2) is 0 Å². The number of rotatable bonds is 4. The summed E-state index contributed by atoms with van der Waals surface area (Å²) in [5.41, 5.74) is 2.69. The Hall–Kier alpha value is -0.830. The Labute approximate surface area is 124 Å². The van der Waals surface area contributed by atoms with Crippen LogP contribution in [0.5, 0.6) is 0 Å². The van der Waals surface area contributed by atoms with Crippen molar-refractivity contribution in [2.24, 2.45) is 13.0 Å². The van der Waals surface area contributed by atoms with Gasteiger partial charge in [0.2, 0.25) is 0 Å². The molecule has 0 amide bonds. The summed E-state index contributed by atoms with van der Waals surface area (Å²) in [5, 5.41) is 8.39. The molecule has 1 aliphatic rings. The molecule has 0 saturated heterocycles. The summed E-state index contributed by atoms with van der Waals surface area (Å²) in [5.74, 6) is 0.860. The molecule has 1 aromatic rings. The molecule has 1 fully saturated rings. The van der Waals surface area contributed by atoms with E-state index in [2.05, 4.69) is 44.3 Å². The molecule has 114 valence electrons. The molecule has 0 aliphatic heterocycles. The van der Waals surface area contributed by atoms with Crippen LogP contribution in [0.25, 0.3) is 0 Å². The number of nitrogens with one attached hydrogen (secondary N) is 1. The van der Waals surface area contributed by atoms with Gasteiger partial charge in [0, 0.05) is 36.8 Å². The van der Waals surface area contributed by atoms with E-state index in [1.54, 1.807) is 0 Å². The van der Waals surface area contributed by atoms with E-state index in [1.807, 2.05) is 11.7 Å². The minimum Gasteiger partial charge on any atom is -0.310 e. The van der Waals surface area contributed by atoms with Crippen molar-refractivity contribution >= 4 is 0 Å². The maximum absolute atomic E-state index is 4.65. The van der Waals surface area contributed by atoms with Gasteiger partial charge in [-0.05, 0) is 25.7 Å². The van der Waals surface area contributed by atoms with Crippen molar-refractivity contribution in [2.45, 2.75) is 77.8 Å². The highest BCUT2D eigenvalue weighted by atomic mass is 15.3. The Morgan fingerprint density at radius 1 is 1.30 bits per heavy atom. The molecule has 0 spiro atoms. The van der Waals surface area contributed by atoms with Gasteiger partial charge in [-0.3, -0.25) is 4.68 Å². The maximum atomic E-state index is 4.65. The van der Waals surface area contributed by atoms with E-state index in [9.17, 15) is 0 Å². The summed E-state index contributed by atoms with van der Waals surface area (Å²) in [6, 6.07) is 0.614. The quantitative estimate of drug-likeness (QED) is 0.907. The highest BCUT2D eigenvalue weighted by molar-refractivity contribution is 5.23. The zero-order valence-electron chi connectivity index (χ0n) is 13.9. The molecule has 3 nitrogen and oxygen atoms in total. The van der Waals surface area contributed by atoms with E-state index in [1.165, 1.54) is 43.4 Å².